The summed E-state index contributed by atoms with van der Waals surface area (Å²) in [4.78, 5) is 6.82. The normalized spacial score (nSPS) is 17.0. The van der Waals surface area contributed by atoms with Crippen LogP contribution < -0.4 is 10.1 Å². The lowest BCUT2D eigenvalue weighted by Gasteiger charge is -2.27. The molecule has 2 rings (SSSR count). The molecule has 1 saturated heterocycles. The summed E-state index contributed by atoms with van der Waals surface area (Å²) in [5, 5.41) is 3.32. The summed E-state index contributed by atoms with van der Waals surface area (Å²) in [6.07, 6.45) is 3.24. The Hall–Kier alpha value is -1.82. The van der Waals surface area contributed by atoms with Crippen LogP contribution in [-0.2, 0) is 4.74 Å². The molecule has 0 spiro atoms. The second-order valence-corrected chi connectivity index (χ2v) is 6.82. The van der Waals surface area contributed by atoms with Crippen LogP contribution in [0.1, 0.15) is 33.1 Å². The Bertz CT molecular complexity index is 562. The molecule has 26 heavy (non-hydrogen) atoms. The fourth-order valence-electron chi connectivity index (χ4n) is 3.00. The first kappa shape index (κ1) is 20.5. The van der Waals surface area contributed by atoms with Gasteiger partial charge < -0.3 is 19.7 Å². The molecule has 1 heterocycles. The minimum atomic E-state index is -0.344. The Kier molecular flexibility index (Phi) is 8.68. The van der Waals surface area contributed by atoms with Gasteiger partial charge in [-0.1, -0.05) is 12.1 Å². The molecule has 0 bridgehead atoms. The van der Waals surface area contributed by atoms with Crippen molar-refractivity contribution in [3.05, 3.63) is 30.1 Å². The Morgan fingerprint density at radius 3 is 2.81 bits per heavy atom. The number of hydrogen-bond donors (Lipinski definition) is 1. The maximum Gasteiger partial charge on any atom is 0.193 e. The molecule has 0 aliphatic carbocycles. The van der Waals surface area contributed by atoms with E-state index >= 15 is 0 Å². The van der Waals surface area contributed by atoms with E-state index in [0.717, 1.165) is 57.4 Å². The Morgan fingerprint density at radius 2 is 2.12 bits per heavy atom. The third-order valence-corrected chi connectivity index (χ3v) is 4.57. The van der Waals surface area contributed by atoms with Gasteiger partial charge in [-0.05, 0) is 51.2 Å². The molecule has 1 aliphatic heterocycles. The highest BCUT2D eigenvalue weighted by molar-refractivity contribution is 5.79. The Labute approximate surface area is 156 Å². The smallest absolute Gasteiger partial charge is 0.193 e. The Morgan fingerprint density at radius 1 is 1.38 bits per heavy atom. The van der Waals surface area contributed by atoms with Gasteiger partial charge in [0.1, 0.15) is 6.10 Å². The number of nitrogens with zero attached hydrogens (tertiary/aromatic N) is 2. The molecule has 1 N–H and O–H groups in total. The number of benzene rings is 1. The summed E-state index contributed by atoms with van der Waals surface area (Å²) >= 11 is 0. The third kappa shape index (κ3) is 6.83. The van der Waals surface area contributed by atoms with Gasteiger partial charge in [0, 0.05) is 33.4 Å². The molecule has 6 heteroatoms. The van der Waals surface area contributed by atoms with E-state index in [0.29, 0.717) is 6.54 Å². The second kappa shape index (κ2) is 11.0. The lowest BCUT2D eigenvalue weighted by Crippen LogP contribution is -2.40. The predicted molar refractivity (Wildman–Crippen MR) is 103 cm³/mol. The highest BCUT2D eigenvalue weighted by Gasteiger charge is 2.16. The van der Waals surface area contributed by atoms with E-state index < -0.39 is 0 Å². The fraction of sp³-hybridized carbons (Fsp3) is 0.650. The minimum Gasteiger partial charge on any atom is -0.486 e. The highest BCUT2D eigenvalue weighted by atomic mass is 19.1. The van der Waals surface area contributed by atoms with Gasteiger partial charge in [0.15, 0.2) is 17.5 Å². The average molecular weight is 365 g/mol. The first-order chi connectivity index (χ1) is 12.6. The van der Waals surface area contributed by atoms with Crippen LogP contribution in [0.2, 0.25) is 0 Å². The zero-order valence-electron chi connectivity index (χ0n) is 16.2. The summed E-state index contributed by atoms with van der Waals surface area (Å²) in [5.74, 6) is 1.53. The van der Waals surface area contributed by atoms with E-state index in [1.807, 2.05) is 6.92 Å². The molecule has 0 amide bonds. The largest absolute Gasteiger partial charge is 0.486 e. The number of guanidine groups is 1. The van der Waals surface area contributed by atoms with E-state index in [-0.39, 0.29) is 17.7 Å². The van der Waals surface area contributed by atoms with E-state index in [9.17, 15) is 4.39 Å². The van der Waals surface area contributed by atoms with Crippen molar-refractivity contribution in [1.29, 1.82) is 0 Å². The number of aliphatic imine (C=N–C) groups is 1. The number of ether oxygens (including phenoxy) is 2. The zero-order valence-corrected chi connectivity index (χ0v) is 16.2. The summed E-state index contributed by atoms with van der Waals surface area (Å²) in [5.41, 5.74) is 0. The molecule has 1 aromatic rings. The monoisotopic (exact) mass is 365 g/mol. The first-order valence-electron chi connectivity index (χ1n) is 9.58. The molecule has 1 unspecified atom stereocenters. The van der Waals surface area contributed by atoms with Crippen molar-refractivity contribution < 1.29 is 13.9 Å². The third-order valence-electron chi connectivity index (χ3n) is 4.57. The van der Waals surface area contributed by atoms with Crippen LogP contribution in [0, 0.1) is 11.7 Å². The molecule has 1 atom stereocenters. The SMILES string of the molecule is CCNC(=NCC(C)Oc1ccccc1F)N(C)CCC1CCOCC1. The van der Waals surface area contributed by atoms with Crippen molar-refractivity contribution >= 4 is 5.96 Å². The summed E-state index contributed by atoms with van der Waals surface area (Å²) in [7, 11) is 2.06. The number of halogens is 1. The second-order valence-electron chi connectivity index (χ2n) is 6.82. The van der Waals surface area contributed by atoms with Crippen molar-refractivity contribution in [3.8, 4) is 5.75 Å². The number of nitrogens with one attached hydrogen (secondary N) is 1. The molecular weight excluding hydrogens is 333 g/mol. The van der Waals surface area contributed by atoms with Crippen LogP contribution in [-0.4, -0.2) is 56.9 Å². The van der Waals surface area contributed by atoms with E-state index in [1.54, 1.807) is 18.2 Å². The van der Waals surface area contributed by atoms with Crippen LogP contribution in [0.25, 0.3) is 0 Å². The van der Waals surface area contributed by atoms with Crippen LogP contribution in [0.15, 0.2) is 29.3 Å². The van der Waals surface area contributed by atoms with Gasteiger partial charge in [-0.2, -0.15) is 0 Å². The summed E-state index contributed by atoms with van der Waals surface area (Å²) < 4.78 is 24.8. The summed E-state index contributed by atoms with van der Waals surface area (Å²) in [6.45, 7) is 7.96. The van der Waals surface area contributed by atoms with Gasteiger partial charge in [-0.15, -0.1) is 0 Å². The van der Waals surface area contributed by atoms with E-state index in [4.69, 9.17) is 9.47 Å². The van der Waals surface area contributed by atoms with Crippen molar-refractivity contribution in [2.24, 2.45) is 10.9 Å². The minimum absolute atomic E-state index is 0.204. The topological polar surface area (TPSA) is 46.1 Å². The quantitative estimate of drug-likeness (QED) is 0.567. The predicted octanol–water partition coefficient (Wildman–Crippen LogP) is 3.31. The molecule has 1 aromatic carbocycles. The number of rotatable bonds is 8. The van der Waals surface area contributed by atoms with Crippen molar-refractivity contribution in [2.75, 3.05) is 39.9 Å². The van der Waals surface area contributed by atoms with Crippen molar-refractivity contribution in [1.82, 2.24) is 10.2 Å². The fourth-order valence-corrected chi connectivity index (χ4v) is 3.00. The summed E-state index contributed by atoms with van der Waals surface area (Å²) in [6, 6.07) is 6.46. The maximum atomic E-state index is 13.7. The van der Waals surface area contributed by atoms with Crippen LogP contribution in [0.4, 0.5) is 4.39 Å². The van der Waals surface area contributed by atoms with E-state index in [1.165, 1.54) is 6.07 Å². The molecule has 1 fully saturated rings. The lowest BCUT2D eigenvalue weighted by molar-refractivity contribution is 0.0625. The maximum absolute atomic E-state index is 13.7. The van der Waals surface area contributed by atoms with Gasteiger partial charge in [0.2, 0.25) is 0 Å². The van der Waals surface area contributed by atoms with Gasteiger partial charge in [0.05, 0.1) is 6.54 Å². The van der Waals surface area contributed by atoms with E-state index in [2.05, 4.69) is 29.2 Å². The van der Waals surface area contributed by atoms with Gasteiger partial charge in [-0.3, -0.25) is 0 Å². The van der Waals surface area contributed by atoms with Crippen LogP contribution in [0.5, 0.6) is 5.75 Å². The molecule has 0 radical (unpaired) electrons. The molecular formula is C20H32FN3O2. The van der Waals surface area contributed by atoms with Crippen LogP contribution in [0.3, 0.4) is 0 Å². The molecule has 0 aromatic heterocycles. The highest BCUT2D eigenvalue weighted by Crippen LogP contribution is 2.19. The lowest BCUT2D eigenvalue weighted by atomic mass is 9.96. The van der Waals surface area contributed by atoms with Crippen molar-refractivity contribution in [3.63, 3.8) is 0 Å². The number of para-hydroxylation sites is 1. The number of hydrogen-bond acceptors (Lipinski definition) is 3. The van der Waals surface area contributed by atoms with Crippen molar-refractivity contribution in [2.45, 2.75) is 39.2 Å². The van der Waals surface area contributed by atoms with Gasteiger partial charge in [0.25, 0.3) is 0 Å². The zero-order chi connectivity index (χ0) is 18.8. The molecule has 1 aliphatic rings. The average Bonchev–Trinajstić information content (AvgIpc) is 2.66. The standard InChI is InChI=1S/C20H32FN3O2/c1-4-22-20(24(3)12-9-17-10-13-25-14-11-17)23-15-16(2)26-19-8-6-5-7-18(19)21/h5-8,16-17H,4,9-15H2,1-3H3,(H,22,23). The molecule has 146 valence electrons. The van der Waals surface area contributed by atoms with Gasteiger partial charge in [-0.25, -0.2) is 9.38 Å². The first-order valence-corrected chi connectivity index (χ1v) is 9.58. The molecule has 5 nitrogen and oxygen atoms in total. The Balaban J connectivity index is 1.84. The van der Waals surface area contributed by atoms with Gasteiger partial charge >= 0.3 is 0 Å². The van der Waals surface area contributed by atoms with Crippen LogP contribution >= 0.6 is 0 Å². The molecule has 0 saturated carbocycles.